The van der Waals surface area contributed by atoms with Gasteiger partial charge in [0.15, 0.2) is 0 Å². The molecule has 2 heterocycles. The van der Waals surface area contributed by atoms with Crippen LogP contribution in [0.15, 0.2) is 40.1 Å². The highest BCUT2D eigenvalue weighted by Crippen LogP contribution is 2.29. The molecule has 0 aliphatic heterocycles. The zero-order valence-electron chi connectivity index (χ0n) is 11.6. The molecule has 0 unspecified atom stereocenters. The van der Waals surface area contributed by atoms with Crippen molar-refractivity contribution in [3.63, 3.8) is 0 Å². The molecule has 3 aromatic rings. The van der Waals surface area contributed by atoms with Gasteiger partial charge in [-0.2, -0.15) is 0 Å². The smallest absolute Gasteiger partial charge is 0.276 e. The van der Waals surface area contributed by atoms with Gasteiger partial charge in [0.05, 0.1) is 5.56 Å². The number of fused-ring (bicyclic) bond motifs is 1. The van der Waals surface area contributed by atoms with E-state index in [4.69, 9.17) is 4.42 Å². The zero-order chi connectivity index (χ0) is 14.7. The number of aromatic nitrogens is 3. The molecular weight excluding hydrogens is 286 g/mol. The standard InChI is InChI=1S/C15H15N3O2S/c1-10(19)5-4-8-21-15-18-17-14(20-15)12-9-16-13-7-3-2-6-11(12)13/h2-3,6-7,9,16H,4-5,8H2,1H3. The van der Waals surface area contributed by atoms with Gasteiger partial charge in [-0.1, -0.05) is 30.0 Å². The number of benzene rings is 1. The van der Waals surface area contributed by atoms with Crippen LogP contribution in [0.1, 0.15) is 19.8 Å². The minimum Gasteiger partial charge on any atom is -0.411 e. The summed E-state index contributed by atoms with van der Waals surface area (Å²) in [6.45, 7) is 1.60. The number of rotatable bonds is 6. The summed E-state index contributed by atoms with van der Waals surface area (Å²) in [6, 6.07) is 7.98. The number of thioether (sulfide) groups is 1. The molecule has 0 radical (unpaired) electrons. The first kappa shape index (κ1) is 13.9. The Morgan fingerprint density at radius 3 is 3.05 bits per heavy atom. The lowest BCUT2D eigenvalue weighted by Gasteiger charge is -1.94. The number of carbonyl (C=O) groups excluding carboxylic acids is 1. The molecule has 3 rings (SSSR count). The average molecular weight is 301 g/mol. The van der Waals surface area contributed by atoms with Crippen molar-refractivity contribution >= 4 is 28.4 Å². The van der Waals surface area contributed by atoms with Crippen LogP contribution in [0.25, 0.3) is 22.4 Å². The third kappa shape index (κ3) is 3.16. The van der Waals surface area contributed by atoms with Gasteiger partial charge in [-0.25, -0.2) is 0 Å². The molecule has 0 atom stereocenters. The largest absolute Gasteiger partial charge is 0.411 e. The van der Waals surface area contributed by atoms with Gasteiger partial charge in [-0.15, -0.1) is 10.2 Å². The van der Waals surface area contributed by atoms with E-state index in [2.05, 4.69) is 15.2 Å². The van der Waals surface area contributed by atoms with Crippen LogP contribution < -0.4 is 0 Å². The second kappa shape index (κ2) is 6.13. The fraction of sp³-hybridized carbons (Fsp3) is 0.267. The third-order valence-electron chi connectivity index (χ3n) is 3.12. The van der Waals surface area contributed by atoms with Crippen molar-refractivity contribution in [2.24, 2.45) is 0 Å². The maximum absolute atomic E-state index is 10.9. The maximum Gasteiger partial charge on any atom is 0.276 e. The van der Waals surface area contributed by atoms with Crippen LogP contribution in [0, 0.1) is 0 Å². The SMILES string of the molecule is CC(=O)CCCSc1nnc(-c2c[nH]c3ccccc23)o1. The number of Topliss-reactive ketones (excluding diaryl/α,β-unsaturated/α-hetero) is 1. The number of H-pyrrole nitrogens is 1. The van der Waals surface area contributed by atoms with Gasteiger partial charge in [-0.05, 0) is 19.4 Å². The average Bonchev–Trinajstić information content (AvgIpc) is 3.09. The number of hydrogen-bond donors (Lipinski definition) is 1. The maximum atomic E-state index is 10.9. The van der Waals surface area contributed by atoms with E-state index >= 15 is 0 Å². The molecule has 0 bridgehead atoms. The van der Waals surface area contributed by atoms with Crippen LogP contribution >= 0.6 is 11.8 Å². The number of ketones is 1. The Morgan fingerprint density at radius 2 is 2.19 bits per heavy atom. The van der Waals surface area contributed by atoms with Gasteiger partial charge < -0.3 is 14.2 Å². The van der Waals surface area contributed by atoms with Crippen molar-refractivity contribution in [1.82, 2.24) is 15.2 Å². The fourth-order valence-corrected chi connectivity index (χ4v) is 2.81. The highest BCUT2D eigenvalue weighted by Gasteiger charge is 2.13. The molecule has 2 aromatic heterocycles. The van der Waals surface area contributed by atoms with E-state index in [1.54, 1.807) is 6.92 Å². The number of carbonyl (C=O) groups is 1. The molecule has 0 saturated heterocycles. The van der Waals surface area contributed by atoms with Crippen LogP contribution in [-0.4, -0.2) is 26.7 Å². The molecule has 0 saturated carbocycles. The minimum atomic E-state index is 0.209. The molecule has 108 valence electrons. The first-order valence-electron chi connectivity index (χ1n) is 6.76. The third-order valence-corrected chi connectivity index (χ3v) is 4.03. The van der Waals surface area contributed by atoms with E-state index in [9.17, 15) is 4.79 Å². The Hall–Kier alpha value is -2.08. The van der Waals surface area contributed by atoms with Crippen molar-refractivity contribution < 1.29 is 9.21 Å². The summed E-state index contributed by atoms with van der Waals surface area (Å²) >= 11 is 1.48. The van der Waals surface area contributed by atoms with E-state index in [1.165, 1.54) is 11.8 Å². The highest BCUT2D eigenvalue weighted by molar-refractivity contribution is 7.99. The molecule has 0 fully saturated rings. The number of nitrogens with one attached hydrogen (secondary N) is 1. The van der Waals surface area contributed by atoms with Gasteiger partial charge in [0.2, 0.25) is 0 Å². The Kier molecular flexibility index (Phi) is 4.06. The number of nitrogens with zero attached hydrogens (tertiary/aromatic N) is 2. The lowest BCUT2D eigenvalue weighted by molar-refractivity contribution is -0.117. The summed E-state index contributed by atoms with van der Waals surface area (Å²) in [4.78, 5) is 14.1. The normalized spacial score (nSPS) is 11.1. The van der Waals surface area contributed by atoms with Crippen molar-refractivity contribution in [3.05, 3.63) is 30.5 Å². The molecule has 0 aliphatic carbocycles. The van der Waals surface area contributed by atoms with E-state index in [-0.39, 0.29) is 5.78 Å². The Labute approximate surface area is 126 Å². The second-order valence-electron chi connectivity index (χ2n) is 4.78. The summed E-state index contributed by atoms with van der Waals surface area (Å²) in [5.41, 5.74) is 1.95. The lowest BCUT2D eigenvalue weighted by Crippen LogP contribution is -1.90. The van der Waals surface area contributed by atoms with Crippen LogP contribution in [0.4, 0.5) is 0 Å². The summed E-state index contributed by atoms with van der Waals surface area (Å²) < 4.78 is 5.68. The minimum absolute atomic E-state index is 0.209. The van der Waals surface area contributed by atoms with Crippen LogP contribution in [0.3, 0.4) is 0 Å². The van der Waals surface area contributed by atoms with Crippen molar-refractivity contribution in [2.75, 3.05) is 5.75 Å². The van der Waals surface area contributed by atoms with E-state index in [0.29, 0.717) is 17.5 Å². The predicted molar refractivity (Wildman–Crippen MR) is 82.2 cm³/mol. The molecule has 0 aliphatic rings. The van der Waals surface area contributed by atoms with Gasteiger partial charge in [0.25, 0.3) is 11.1 Å². The Morgan fingerprint density at radius 1 is 1.33 bits per heavy atom. The molecule has 0 spiro atoms. The summed E-state index contributed by atoms with van der Waals surface area (Å²) in [5, 5.41) is 9.75. The van der Waals surface area contributed by atoms with Gasteiger partial charge in [0, 0.05) is 29.3 Å². The number of hydrogen-bond acceptors (Lipinski definition) is 5. The van der Waals surface area contributed by atoms with E-state index in [1.807, 2.05) is 30.5 Å². The molecule has 1 aromatic carbocycles. The highest BCUT2D eigenvalue weighted by atomic mass is 32.2. The van der Waals surface area contributed by atoms with E-state index in [0.717, 1.165) is 28.6 Å². The van der Waals surface area contributed by atoms with Crippen LogP contribution in [0.5, 0.6) is 0 Å². The summed E-state index contributed by atoms with van der Waals surface area (Å²) in [7, 11) is 0. The zero-order valence-corrected chi connectivity index (χ0v) is 12.4. The van der Waals surface area contributed by atoms with Gasteiger partial charge in [0.1, 0.15) is 5.78 Å². The molecular formula is C15H15N3O2S. The van der Waals surface area contributed by atoms with E-state index < -0.39 is 0 Å². The van der Waals surface area contributed by atoms with Crippen LogP contribution in [0.2, 0.25) is 0 Å². The van der Waals surface area contributed by atoms with Crippen molar-refractivity contribution in [2.45, 2.75) is 25.0 Å². The first-order chi connectivity index (χ1) is 10.2. The molecule has 5 nitrogen and oxygen atoms in total. The van der Waals surface area contributed by atoms with Gasteiger partial charge in [-0.3, -0.25) is 0 Å². The topological polar surface area (TPSA) is 71.8 Å². The molecule has 0 amide bonds. The first-order valence-corrected chi connectivity index (χ1v) is 7.75. The number of para-hydroxylation sites is 1. The number of aromatic amines is 1. The second-order valence-corrected chi connectivity index (χ2v) is 5.82. The predicted octanol–water partition coefficient (Wildman–Crippen LogP) is 3.68. The lowest BCUT2D eigenvalue weighted by atomic mass is 10.2. The Bertz CT molecular complexity index is 763. The van der Waals surface area contributed by atoms with Crippen LogP contribution in [-0.2, 0) is 4.79 Å². The summed E-state index contributed by atoms with van der Waals surface area (Å²) in [5.74, 6) is 1.52. The molecule has 21 heavy (non-hydrogen) atoms. The van der Waals surface area contributed by atoms with Crippen molar-refractivity contribution in [1.29, 1.82) is 0 Å². The quantitative estimate of drug-likeness (QED) is 0.555. The molecule has 1 N–H and O–H groups in total. The molecule has 6 heteroatoms. The monoisotopic (exact) mass is 301 g/mol. The van der Waals surface area contributed by atoms with Gasteiger partial charge >= 0.3 is 0 Å². The summed E-state index contributed by atoms with van der Waals surface area (Å²) in [6.07, 6.45) is 3.30. The fourth-order valence-electron chi connectivity index (χ4n) is 2.11. The Balaban J connectivity index is 1.71. The van der Waals surface area contributed by atoms with Crippen molar-refractivity contribution in [3.8, 4) is 11.5 Å².